The Morgan fingerprint density at radius 3 is 2.70 bits per heavy atom. The summed E-state index contributed by atoms with van der Waals surface area (Å²) in [4.78, 5) is 0.288. The average molecular weight is 310 g/mol. The number of nitrogens with zero attached hydrogens (tertiary/aromatic N) is 1. The highest BCUT2D eigenvalue weighted by Gasteiger charge is 2.27. The molecule has 1 aromatic carbocycles. The van der Waals surface area contributed by atoms with Gasteiger partial charge in [0.1, 0.15) is 0 Å². The molecule has 1 saturated heterocycles. The maximum absolute atomic E-state index is 12.7. The molecule has 0 saturated carbocycles. The van der Waals surface area contributed by atoms with Crippen molar-refractivity contribution in [3.05, 3.63) is 29.3 Å². The third kappa shape index (κ3) is 3.36. The summed E-state index contributed by atoms with van der Waals surface area (Å²) >= 11 is 1.78. The van der Waals surface area contributed by atoms with Gasteiger partial charge in [0.2, 0.25) is 10.0 Å². The summed E-state index contributed by atoms with van der Waals surface area (Å²) in [6.45, 7) is 3.25. The second-order valence-corrected chi connectivity index (χ2v) is 7.65. The molecule has 0 spiro atoms. The summed E-state index contributed by atoms with van der Waals surface area (Å²) in [5.74, 6) is 7.30. The number of hydrogen-bond donors (Lipinski definition) is 1. The zero-order valence-electron chi connectivity index (χ0n) is 11.4. The standard InChI is InChI=1S/C14H18N2O2S2/c1-12-4-5-14(13(11-12)3-2-6-15)20(17,18)16-7-9-19-10-8-16/h4-5,11H,6-10,15H2,1H3. The van der Waals surface area contributed by atoms with Crippen LogP contribution in [0.4, 0.5) is 0 Å². The summed E-state index contributed by atoms with van der Waals surface area (Å²) in [5, 5.41) is 0. The van der Waals surface area contributed by atoms with Crippen LogP contribution >= 0.6 is 11.8 Å². The van der Waals surface area contributed by atoms with E-state index in [1.807, 2.05) is 6.92 Å². The SMILES string of the molecule is Cc1ccc(S(=O)(=O)N2CCSCC2)c(C#CCN)c1. The molecule has 20 heavy (non-hydrogen) atoms. The molecule has 2 N–H and O–H groups in total. The van der Waals surface area contributed by atoms with Gasteiger partial charge in [-0.25, -0.2) is 8.42 Å². The quantitative estimate of drug-likeness (QED) is 0.829. The minimum atomic E-state index is -3.46. The minimum Gasteiger partial charge on any atom is -0.320 e. The molecule has 1 aromatic rings. The Balaban J connectivity index is 2.45. The molecule has 2 rings (SSSR count). The van der Waals surface area contributed by atoms with Crippen LogP contribution in [-0.2, 0) is 10.0 Å². The summed E-state index contributed by atoms with van der Waals surface area (Å²) in [6, 6.07) is 5.25. The average Bonchev–Trinajstić information content (AvgIpc) is 2.46. The van der Waals surface area contributed by atoms with E-state index < -0.39 is 10.0 Å². The van der Waals surface area contributed by atoms with E-state index in [2.05, 4.69) is 11.8 Å². The van der Waals surface area contributed by atoms with Crippen molar-refractivity contribution in [3.8, 4) is 11.8 Å². The number of thioether (sulfide) groups is 1. The van der Waals surface area contributed by atoms with Gasteiger partial charge in [0, 0.05) is 30.2 Å². The van der Waals surface area contributed by atoms with Crippen LogP contribution in [0.25, 0.3) is 0 Å². The lowest BCUT2D eigenvalue weighted by atomic mass is 10.1. The Hall–Kier alpha value is -1.00. The molecule has 1 heterocycles. The normalized spacial score (nSPS) is 16.5. The van der Waals surface area contributed by atoms with Gasteiger partial charge in [0.15, 0.2) is 0 Å². The molecule has 0 atom stereocenters. The van der Waals surface area contributed by atoms with Crippen molar-refractivity contribution in [1.82, 2.24) is 4.31 Å². The van der Waals surface area contributed by atoms with Crippen molar-refractivity contribution in [3.63, 3.8) is 0 Å². The first-order valence-electron chi connectivity index (χ1n) is 6.43. The van der Waals surface area contributed by atoms with Crippen LogP contribution in [0, 0.1) is 18.8 Å². The summed E-state index contributed by atoms with van der Waals surface area (Å²) in [6.07, 6.45) is 0. The molecule has 0 aliphatic carbocycles. The van der Waals surface area contributed by atoms with Gasteiger partial charge in [0.05, 0.1) is 11.4 Å². The zero-order valence-corrected chi connectivity index (χ0v) is 13.1. The molecule has 1 fully saturated rings. The van der Waals surface area contributed by atoms with Gasteiger partial charge >= 0.3 is 0 Å². The van der Waals surface area contributed by atoms with E-state index in [1.54, 1.807) is 34.3 Å². The third-order valence-corrected chi connectivity index (χ3v) is 5.95. The Morgan fingerprint density at radius 1 is 1.35 bits per heavy atom. The lowest BCUT2D eigenvalue weighted by Crippen LogP contribution is -2.38. The molecule has 1 aliphatic rings. The van der Waals surface area contributed by atoms with E-state index in [0.29, 0.717) is 18.7 Å². The second kappa shape index (κ2) is 6.64. The highest BCUT2D eigenvalue weighted by molar-refractivity contribution is 7.99. The van der Waals surface area contributed by atoms with Crippen molar-refractivity contribution in [2.24, 2.45) is 5.73 Å². The molecule has 0 bridgehead atoms. The largest absolute Gasteiger partial charge is 0.320 e. The molecule has 6 heteroatoms. The molecular weight excluding hydrogens is 292 g/mol. The maximum Gasteiger partial charge on any atom is 0.244 e. The van der Waals surface area contributed by atoms with Crippen LogP contribution in [0.2, 0.25) is 0 Å². The van der Waals surface area contributed by atoms with E-state index in [-0.39, 0.29) is 11.4 Å². The van der Waals surface area contributed by atoms with Crippen LogP contribution in [0.3, 0.4) is 0 Å². The predicted octanol–water partition coefficient (Wildman–Crippen LogP) is 1.04. The van der Waals surface area contributed by atoms with Gasteiger partial charge in [-0.05, 0) is 24.6 Å². The van der Waals surface area contributed by atoms with Gasteiger partial charge in [-0.3, -0.25) is 0 Å². The highest BCUT2D eigenvalue weighted by atomic mass is 32.2. The molecule has 1 aliphatic heterocycles. The Labute approximate surface area is 124 Å². The van der Waals surface area contributed by atoms with E-state index in [1.165, 1.54) is 0 Å². The molecule has 0 radical (unpaired) electrons. The van der Waals surface area contributed by atoms with Crippen molar-refractivity contribution >= 4 is 21.8 Å². The van der Waals surface area contributed by atoms with Gasteiger partial charge in [-0.2, -0.15) is 16.1 Å². The first-order valence-corrected chi connectivity index (χ1v) is 9.02. The predicted molar refractivity (Wildman–Crippen MR) is 83.2 cm³/mol. The third-order valence-electron chi connectivity index (χ3n) is 3.05. The van der Waals surface area contributed by atoms with Gasteiger partial charge in [-0.15, -0.1) is 0 Å². The Morgan fingerprint density at radius 2 is 2.05 bits per heavy atom. The van der Waals surface area contributed by atoms with Gasteiger partial charge in [0.25, 0.3) is 0 Å². The summed E-state index contributed by atoms with van der Waals surface area (Å²) < 4.78 is 26.9. The van der Waals surface area contributed by atoms with Crippen LogP contribution in [-0.4, -0.2) is 43.9 Å². The van der Waals surface area contributed by atoms with Crippen LogP contribution < -0.4 is 5.73 Å². The van der Waals surface area contributed by atoms with Crippen molar-refractivity contribution in [2.75, 3.05) is 31.1 Å². The molecule has 0 aromatic heterocycles. The fourth-order valence-corrected chi connectivity index (χ4v) is 4.74. The summed E-state index contributed by atoms with van der Waals surface area (Å²) in [5.41, 5.74) is 6.90. The Kier molecular flexibility index (Phi) is 5.11. The number of sulfonamides is 1. The fraction of sp³-hybridized carbons (Fsp3) is 0.429. The van der Waals surface area contributed by atoms with Crippen LogP contribution in [0.1, 0.15) is 11.1 Å². The van der Waals surface area contributed by atoms with Crippen LogP contribution in [0.5, 0.6) is 0 Å². The zero-order chi connectivity index (χ0) is 14.6. The second-order valence-electron chi connectivity index (χ2n) is 4.52. The maximum atomic E-state index is 12.7. The molecule has 108 valence electrons. The number of benzene rings is 1. The van der Waals surface area contributed by atoms with E-state index in [4.69, 9.17) is 5.73 Å². The fourth-order valence-electron chi connectivity index (χ4n) is 2.04. The number of aryl methyl sites for hydroxylation is 1. The first kappa shape index (κ1) is 15.4. The van der Waals surface area contributed by atoms with Gasteiger partial charge < -0.3 is 5.73 Å². The van der Waals surface area contributed by atoms with Crippen LogP contribution in [0.15, 0.2) is 23.1 Å². The van der Waals surface area contributed by atoms with E-state index in [0.717, 1.165) is 17.1 Å². The molecular formula is C14H18N2O2S2. The van der Waals surface area contributed by atoms with E-state index in [9.17, 15) is 8.42 Å². The monoisotopic (exact) mass is 310 g/mol. The summed E-state index contributed by atoms with van der Waals surface area (Å²) in [7, 11) is -3.46. The number of nitrogens with two attached hydrogens (primary N) is 1. The Bertz CT molecular complexity index is 639. The van der Waals surface area contributed by atoms with E-state index >= 15 is 0 Å². The highest BCUT2D eigenvalue weighted by Crippen LogP contribution is 2.23. The molecule has 0 amide bonds. The lowest BCUT2D eigenvalue weighted by molar-refractivity contribution is 0.443. The smallest absolute Gasteiger partial charge is 0.244 e. The lowest BCUT2D eigenvalue weighted by Gasteiger charge is -2.26. The molecule has 0 unspecified atom stereocenters. The topological polar surface area (TPSA) is 63.4 Å². The molecule has 4 nitrogen and oxygen atoms in total. The van der Waals surface area contributed by atoms with Gasteiger partial charge in [-0.1, -0.05) is 17.9 Å². The first-order chi connectivity index (χ1) is 9.55. The van der Waals surface area contributed by atoms with Crippen molar-refractivity contribution < 1.29 is 8.42 Å². The number of hydrogen-bond acceptors (Lipinski definition) is 4. The van der Waals surface area contributed by atoms with Crippen molar-refractivity contribution in [1.29, 1.82) is 0 Å². The minimum absolute atomic E-state index is 0.216. The number of rotatable bonds is 2. The van der Waals surface area contributed by atoms with Crippen molar-refractivity contribution in [2.45, 2.75) is 11.8 Å².